The number of urea groups is 1. The summed E-state index contributed by atoms with van der Waals surface area (Å²) in [5.74, 6) is -0.715. The van der Waals surface area contributed by atoms with Crippen LogP contribution in [0.3, 0.4) is 0 Å². The van der Waals surface area contributed by atoms with Gasteiger partial charge in [-0.05, 0) is 34.9 Å². The van der Waals surface area contributed by atoms with Crippen molar-refractivity contribution in [2.45, 2.75) is 31.7 Å². The average molecular weight is 626 g/mol. The molecule has 0 saturated carbocycles. The molecule has 14 heteroatoms. The largest absolute Gasteiger partial charge is 0.506 e. The molecular weight excluding hydrogens is 594 g/mol. The number of fused-ring (bicyclic) bond motifs is 2. The van der Waals surface area contributed by atoms with Crippen LogP contribution in [0.5, 0.6) is 5.75 Å². The Balaban J connectivity index is 1.33. The zero-order valence-corrected chi connectivity index (χ0v) is 25.0. The number of hydrogen-bond donors (Lipinski definition) is 4. The van der Waals surface area contributed by atoms with E-state index >= 15 is 0 Å². The number of anilines is 2. The number of nitrogen functional groups attached to an aromatic ring is 2. The van der Waals surface area contributed by atoms with Crippen molar-refractivity contribution in [1.82, 2.24) is 30.1 Å². The number of nitrogens with zero attached hydrogens (tertiary/aromatic N) is 6. The minimum absolute atomic E-state index is 0.0825. The van der Waals surface area contributed by atoms with Crippen LogP contribution < -0.4 is 16.8 Å². The first-order chi connectivity index (χ1) is 21.7. The number of nitriles is 1. The first kappa shape index (κ1) is 29.7. The van der Waals surface area contributed by atoms with Crippen LogP contribution in [0, 0.1) is 11.3 Å². The molecule has 3 heterocycles. The smallest absolute Gasteiger partial charge is 0.333 e. The number of piperazine rings is 1. The molecule has 0 radical (unpaired) electrons. The summed E-state index contributed by atoms with van der Waals surface area (Å²) in [5.41, 5.74) is 15.1. The zero-order valence-electron chi connectivity index (χ0n) is 24.2. The number of aromatic nitrogens is 1. The highest BCUT2D eigenvalue weighted by molar-refractivity contribution is 7.22. The van der Waals surface area contributed by atoms with Crippen molar-refractivity contribution in [3.8, 4) is 11.8 Å². The number of aromatic hydroxyl groups is 1. The van der Waals surface area contributed by atoms with Gasteiger partial charge in [-0.25, -0.2) is 14.8 Å². The number of phenols is 1. The molecule has 6 N–H and O–H groups in total. The van der Waals surface area contributed by atoms with Crippen molar-refractivity contribution >= 4 is 50.2 Å². The van der Waals surface area contributed by atoms with Crippen molar-refractivity contribution in [2.75, 3.05) is 31.1 Å². The molecule has 1 unspecified atom stereocenters. The minimum atomic E-state index is -0.929. The molecule has 2 saturated heterocycles. The second kappa shape index (κ2) is 12.3. The molecule has 1 aromatic heterocycles. The maximum Gasteiger partial charge on any atom is 0.333 e. The van der Waals surface area contributed by atoms with E-state index in [4.69, 9.17) is 11.5 Å². The maximum absolute atomic E-state index is 14.2. The second-order valence-corrected chi connectivity index (χ2v) is 11.9. The molecule has 4 amide bonds. The number of hydrogen-bond acceptors (Lipinski definition) is 10. The topological polar surface area (TPSA) is 185 Å². The van der Waals surface area contributed by atoms with Crippen molar-refractivity contribution in [3.05, 3.63) is 83.4 Å². The molecule has 0 aliphatic carbocycles. The van der Waals surface area contributed by atoms with Crippen molar-refractivity contribution in [1.29, 1.82) is 5.26 Å². The second-order valence-electron chi connectivity index (χ2n) is 10.9. The minimum Gasteiger partial charge on any atom is -0.506 e. The van der Waals surface area contributed by atoms with E-state index in [1.807, 2.05) is 54.6 Å². The van der Waals surface area contributed by atoms with E-state index < -0.39 is 18.2 Å². The summed E-state index contributed by atoms with van der Waals surface area (Å²) in [4.78, 5) is 48.9. The number of phenolic OH excluding ortho intramolecular Hbond substituents is 1. The molecule has 2 atom stereocenters. The monoisotopic (exact) mass is 625 g/mol. The Morgan fingerprint density at radius 3 is 2.67 bits per heavy atom. The first-order valence-corrected chi connectivity index (χ1v) is 15.1. The molecule has 2 fully saturated rings. The van der Waals surface area contributed by atoms with E-state index in [1.54, 1.807) is 22.0 Å². The molecule has 4 aromatic rings. The van der Waals surface area contributed by atoms with Crippen LogP contribution in [0.15, 0.2) is 66.7 Å². The number of benzene rings is 3. The summed E-state index contributed by atoms with van der Waals surface area (Å²) in [7, 11) is 0. The standard InChI is InChI=1S/C31H31N9O4S/c32-11-12-38(31(44)35-15-19-5-2-1-3-6-19)39-18-27(42)40-23(14-20-9-10-24(41)22(33)13-20)29(43)37(17-26(39)40)16-21-7-4-8-25-28(21)36-30(34)45-25/h1-10,13,23,26,41H,12,14-18,33H2,(H2,34,36)(H,35,44)/t23-,26?/m0/s1. The van der Waals surface area contributed by atoms with Gasteiger partial charge in [-0.15, -0.1) is 0 Å². The molecule has 0 spiro atoms. The molecule has 2 aliphatic heterocycles. The number of para-hydroxylation sites is 1. The number of hydrazine groups is 1. The van der Waals surface area contributed by atoms with Gasteiger partial charge < -0.3 is 31.7 Å². The third kappa shape index (κ3) is 5.91. The van der Waals surface area contributed by atoms with Crippen molar-refractivity contribution in [3.63, 3.8) is 0 Å². The molecule has 2 aliphatic rings. The van der Waals surface area contributed by atoms with Gasteiger partial charge in [0.2, 0.25) is 11.8 Å². The van der Waals surface area contributed by atoms with Gasteiger partial charge in [0.15, 0.2) is 5.13 Å². The van der Waals surface area contributed by atoms with Gasteiger partial charge in [0, 0.05) is 19.5 Å². The fourth-order valence-corrected chi connectivity index (χ4v) is 6.69. The van der Waals surface area contributed by atoms with Crippen molar-refractivity contribution < 1.29 is 19.5 Å². The van der Waals surface area contributed by atoms with Crippen LogP contribution in [0.2, 0.25) is 0 Å². The predicted octanol–water partition coefficient (Wildman–Crippen LogP) is 2.24. The summed E-state index contributed by atoms with van der Waals surface area (Å²) < 4.78 is 0.889. The summed E-state index contributed by atoms with van der Waals surface area (Å²) in [6.45, 7) is 0.0105. The van der Waals surface area contributed by atoms with Crippen LogP contribution in [0.4, 0.5) is 15.6 Å². The normalized spacial score (nSPS) is 18.2. The molecule has 45 heavy (non-hydrogen) atoms. The van der Waals surface area contributed by atoms with Gasteiger partial charge in [-0.2, -0.15) is 10.3 Å². The fourth-order valence-electron chi connectivity index (χ4n) is 5.91. The Morgan fingerprint density at radius 1 is 1.11 bits per heavy atom. The summed E-state index contributed by atoms with van der Waals surface area (Å²) >= 11 is 1.35. The van der Waals surface area contributed by atoms with E-state index in [9.17, 15) is 24.8 Å². The summed E-state index contributed by atoms with van der Waals surface area (Å²) in [6.07, 6.45) is -0.604. The number of nitrogens with one attached hydrogen (secondary N) is 1. The van der Waals surface area contributed by atoms with Crippen LogP contribution >= 0.6 is 11.3 Å². The molecule has 230 valence electrons. The lowest BCUT2D eigenvalue weighted by Gasteiger charge is -2.46. The highest BCUT2D eigenvalue weighted by Crippen LogP contribution is 2.33. The SMILES string of the molecule is N#CCN(C(=O)NCc1ccccc1)N1CC(=O)N2C1CN(Cc1cccc3sc(N)nc13)C(=O)[C@@H]2Cc1ccc(O)c(N)c1. The molecule has 13 nitrogen and oxygen atoms in total. The van der Waals surface area contributed by atoms with E-state index in [0.717, 1.165) is 15.8 Å². The Morgan fingerprint density at radius 2 is 1.91 bits per heavy atom. The van der Waals surface area contributed by atoms with E-state index in [2.05, 4.69) is 10.3 Å². The predicted molar refractivity (Wildman–Crippen MR) is 168 cm³/mol. The molecule has 6 rings (SSSR count). The van der Waals surface area contributed by atoms with Gasteiger partial charge in [-0.1, -0.05) is 59.9 Å². The van der Waals surface area contributed by atoms with Crippen LogP contribution in [-0.4, -0.2) is 79.6 Å². The van der Waals surface area contributed by atoms with E-state index in [0.29, 0.717) is 16.2 Å². The Bertz CT molecular complexity index is 1810. The van der Waals surface area contributed by atoms with Gasteiger partial charge in [0.25, 0.3) is 0 Å². The van der Waals surface area contributed by atoms with Gasteiger partial charge in [0.05, 0.1) is 35.1 Å². The third-order valence-corrected chi connectivity index (χ3v) is 8.87. The average Bonchev–Trinajstić information content (AvgIpc) is 3.58. The fraction of sp³-hybridized carbons (Fsp3) is 0.258. The van der Waals surface area contributed by atoms with Crippen LogP contribution in [0.25, 0.3) is 10.2 Å². The lowest BCUT2D eigenvalue weighted by Crippen LogP contribution is -2.66. The van der Waals surface area contributed by atoms with Crippen molar-refractivity contribution in [2.24, 2.45) is 0 Å². The lowest BCUT2D eigenvalue weighted by atomic mass is 9.99. The van der Waals surface area contributed by atoms with Crippen LogP contribution in [0.1, 0.15) is 16.7 Å². The third-order valence-electron chi connectivity index (χ3n) is 8.02. The number of thiazole rings is 1. The number of rotatable bonds is 8. The zero-order chi connectivity index (χ0) is 31.7. The first-order valence-electron chi connectivity index (χ1n) is 14.3. The molecular formula is C31H31N9O4S. The maximum atomic E-state index is 14.2. The van der Waals surface area contributed by atoms with Gasteiger partial charge in [0.1, 0.15) is 24.5 Å². The van der Waals surface area contributed by atoms with Gasteiger partial charge >= 0.3 is 6.03 Å². The summed E-state index contributed by atoms with van der Waals surface area (Å²) in [6, 6.07) is 20.3. The van der Waals surface area contributed by atoms with E-state index in [1.165, 1.54) is 27.3 Å². The lowest BCUT2D eigenvalue weighted by molar-refractivity contribution is -0.157. The summed E-state index contributed by atoms with van der Waals surface area (Å²) in [5, 5.41) is 25.7. The Kier molecular flexibility index (Phi) is 8.12. The highest BCUT2D eigenvalue weighted by Gasteiger charge is 2.52. The Labute approximate surface area is 262 Å². The number of carbonyl (C=O) groups excluding carboxylic acids is 3. The molecule has 0 bridgehead atoms. The molecule has 3 aromatic carbocycles. The van der Waals surface area contributed by atoms with E-state index in [-0.39, 0.29) is 62.4 Å². The number of amides is 4. The Hall–Kier alpha value is -5.39. The van der Waals surface area contributed by atoms with Gasteiger partial charge in [-0.3, -0.25) is 9.59 Å². The van der Waals surface area contributed by atoms with Crippen LogP contribution in [-0.2, 0) is 29.1 Å². The highest BCUT2D eigenvalue weighted by atomic mass is 32.1. The number of nitrogens with two attached hydrogens (primary N) is 2. The quantitative estimate of drug-likeness (QED) is 0.129. The number of carbonyl (C=O) groups is 3.